The van der Waals surface area contributed by atoms with Crippen LogP contribution in [0, 0.1) is 6.92 Å². The summed E-state index contributed by atoms with van der Waals surface area (Å²) in [6, 6.07) is 0. The zero-order valence-electron chi connectivity index (χ0n) is 11.2. The Morgan fingerprint density at radius 3 is 2.55 bits per heavy atom. The lowest BCUT2D eigenvalue weighted by molar-refractivity contribution is 0.683. The van der Waals surface area contributed by atoms with Crippen LogP contribution in [0.4, 0.5) is 11.8 Å². The molecule has 6 heteroatoms. The topological polar surface area (TPSA) is 90.7 Å². The van der Waals surface area contributed by atoms with E-state index in [1.807, 2.05) is 0 Å². The van der Waals surface area contributed by atoms with Gasteiger partial charge in [-0.15, -0.1) is 11.3 Å². The van der Waals surface area contributed by atoms with Gasteiger partial charge < -0.3 is 11.5 Å². The van der Waals surface area contributed by atoms with E-state index in [1.165, 1.54) is 24.0 Å². The monoisotopic (exact) mass is 285 g/mol. The van der Waals surface area contributed by atoms with Crippen LogP contribution in [0.3, 0.4) is 0 Å². The number of aryl methyl sites for hydroxylation is 2. The van der Waals surface area contributed by atoms with E-state index >= 15 is 0 Å². The van der Waals surface area contributed by atoms with Crippen molar-refractivity contribution in [1.29, 1.82) is 0 Å². The number of nitrogens with zero attached hydrogens (tertiary/aromatic N) is 3. The Morgan fingerprint density at radius 2 is 1.75 bits per heavy atom. The molecule has 0 amide bonds. The van der Waals surface area contributed by atoms with E-state index in [1.54, 1.807) is 11.3 Å². The van der Waals surface area contributed by atoms with Crippen LogP contribution in [-0.2, 0) is 12.8 Å². The summed E-state index contributed by atoms with van der Waals surface area (Å²) in [7, 11) is 0. The van der Waals surface area contributed by atoms with E-state index in [9.17, 15) is 0 Å². The van der Waals surface area contributed by atoms with Gasteiger partial charge in [0.1, 0.15) is 10.6 Å². The van der Waals surface area contributed by atoms with Crippen molar-refractivity contribution in [2.75, 3.05) is 11.5 Å². The van der Waals surface area contributed by atoms with E-state index in [0.29, 0.717) is 5.82 Å². The highest BCUT2D eigenvalue weighted by Crippen LogP contribution is 2.40. The van der Waals surface area contributed by atoms with Crippen LogP contribution in [0.1, 0.15) is 29.7 Å². The standard InChI is InChI=1S/C14H15N5S/c1-6-7-4-2-3-5-8(7)9-10-11(20-13(9)17-6)12(15)19-14(16)18-10/h2-5H2,1H3,(H4,15,16,18,19). The van der Waals surface area contributed by atoms with Gasteiger partial charge in [-0.1, -0.05) is 0 Å². The van der Waals surface area contributed by atoms with Crippen molar-refractivity contribution in [3.63, 3.8) is 0 Å². The molecule has 0 radical (unpaired) electrons. The minimum Gasteiger partial charge on any atom is -0.382 e. The second-order valence-electron chi connectivity index (χ2n) is 5.29. The van der Waals surface area contributed by atoms with Crippen molar-refractivity contribution in [2.24, 2.45) is 0 Å². The number of nitrogen functional groups attached to an aromatic ring is 2. The van der Waals surface area contributed by atoms with Gasteiger partial charge in [0.2, 0.25) is 5.95 Å². The van der Waals surface area contributed by atoms with E-state index < -0.39 is 0 Å². The van der Waals surface area contributed by atoms with Crippen LogP contribution in [-0.4, -0.2) is 15.0 Å². The third-order valence-corrected chi connectivity index (χ3v) is 5.13. The number of anilines is 2. The molecule has 0 saturated carbocycles. The van der Waals surface area contributed by atoms with Crippen molar-refractivity contribution in [3.8, 4) is 0 Å². The van der Waals surface area contributed by atoms with Gasteiger partial charge >= 0.3 is 0 Å². The summed E-state index contributed by atoms with van der Waals surface area (Å²) in [6.07, 6.45) is 4.66. The molecule has 4 N–H and O–H groups in total. The highest BCUT2D eigenvalue weighted by molar-refractivity contribution is 7.26. The fourth-order valence-electron chi connectivity index (χ4n) is 3.16. The van der Waals surface area contributed by atoms with Gasteiger partial charge in [-0.05, 0) is 43.7 Å². The first-order chi connectivity index (χ1) is 9.65. The predicted octanol–water partition coefficient (Wildman–Crippen LogP) is 2.59. The van der Waals surface area contributed by atoms with Crippen LogP contribution in [0.5, 0.6) is 0 Å². The van der Waals surface area contributed by atoms with Gasteiger partial charge in [0.05, 0.1) is 10.2 Å². The molecule has 0 aromatic carbocycles. The van der Waals surface area contributed by atoms with E-state index in [4.69, 9.17) is 16.5 Å². The summed E-state index contributed by atoms with van der Waals surface area (Å²) in [6.45, 7) is 2.09. The number of nitrogens with two attached hydrogens (primary N) is 2. The molecule has 20 heavy (non-hydrogen) atoms. The zero-order valence-corrected chi connectivity index (χ0v) is 12.0. The zero-order chi connectivity index (χ0) is 13.9. The molecule has 3 aromatic heterocycles. The molecule has 0 fully saturated rings. The lowest BCUT2D eigenvalue weighted by atomic mass is 9.89. The van der Waals surface area contributed by atoms with Gasteiger partial charge in [0.25, 0.3) is 0 Å². The Morgan fingerprint density at radius 1 is 1.00 bits per heavy atom. The fourth-order valence-corrected chi connectivity index (χ4v) is 4.25. The van der Waals surface area contributed by atoms with Gasteiger partial charge in [0, 0.05) is 11.1 Å². The smallest absolute Gasteiger partial charge is 0.222 e. The van der Waals surface area contributed by atoms with Crippen LogP contribution >= 0.6 is 11.3 Å². The number of pyridine rings is 1. The number of thiophene rings is 1. The Bertz CT molecular complexity index is 852. The number of fused-ring (bicyclic) bond motifs is 5. The molecule has 0 bridgehead atoms. The molecule has 1 aliphatic carbocycles. The number of hydrogen-bond donors (Lipinski definition) is 2. The van der Waals surface area contributed by atoms with Crippen LogP contribution in [0.15, 0.2) is 0 Å². The summed E-state index contributed by atoms with van der Waals surface area (Å²) < 4.78 is 0.903. The third kappa shape index (κ3) is 1.51. The van der Waals surface area contributed by atoms with Crippen LogP contribution < -0.4 is 11.5 Å². The molecule has 0 saturated heterocycles. The summed E-state index contributed by atoms with van der Waals surface area (Å²) in [4.78, 5) is 14.2. The van der Waals surface area contributed by atoms with Gasteiger partial charge in [0.15, 0.2) is 0 Å². The minimum absolute atomic E-state index is 0.236. The Labute approximate surface area is 120 Å². The molecule has 3 aromatic rings. The highest BCUT2D eigenvalue weighted by Gasteiger charge is 2.21. The molecular formula is C14H15N5S. The van der Waals surface area contributed by atoms with Crippen molar-refractivity contribution in [3.05, 3.63) is 16.8 Å². The highest BCUT2D eigenvalue weighted by atomic mass is 32.1. The largest absolute Gasteiger partial charge is 0.382 e. The maximum absolute atomic E-state index is 5.99. The molecule has 0 spiro atoms. The lowest BCUT2D eigenvalue weighted by Crippen LogP contribution is -2.07. The van der Waals surface area contributed by atoms with E-state index in [2.05, 4.69) is 16.9 Å². The first kappa shape index (κ1) is 11.8. The molecule has 3 heterocycles. The summed E-state index contributed by atoms with van der Waals surface area (Å²) >= 11 is 1.57. The van der Waals surface area contributed by atoms with Crippen molar-refractivity contribution >= 4 is 43.5 Å². The van der Waals surface area contributed by atoms with Crippen molar-refractivity contribution in [2.45, 2.75) is 32.6 Å². The second kappa shape index (κ2) is 4.02. The Balaban J connectivity index is 2.22. The molecule has 4 rings (SSSR count). The quantitative estimate of drug-likeness (QED) is 0.662. The first-order valence-corrected chi connectivity index (χ1v) is 7.60. The molecule has 0 atom stereocenters. The summed E-state index contributed by atoms with van der Waals surface area (Å²) in [5, 5.41) is 1.14. The van der Waals surface area contributed by atoms with Crippen LogP contribution in [0.2, 0.25) is 0 Å². The fraction of sp³-hybridized carbons (Fsp3) is 0.357. The molecule has 0 aliphatic heterocycles. The summed E-state index contributed by atoms with van der Waals surface area (Å²) in [5.41, 5.74) is 16.5. The Kier molecular flexibility index (Phi) is 2.38. The van der Waals surface area contributed by atoms with Crippen molar-refractivity contribution < 1.29 is 0 Å². The number of rotatable bonds is 0. The van der Waals surface area contributed by atoms with Crippen LogP contribution in [0.25, 0.3) is 20.4 Å². The maximum Gasteiger partial charge on any atom is 0.222 e. The predicted molar refractivity (Wildman–Crippen MR) is 82.9 cm³/mol. The van der Waals surface area contributed by atoms with Crippen molar-refractivity contribution in [1.82, 2.24) is 15.0 Å². The average Bonchev–Trinajstić information content (AvgIpc) is 2.78. The molecular weight excluding hydrogens is 270 g/mol. The van der Waals surface area contributed by atoms with Gasteiger partial charge in [-0.3, -0.25) is 0 Å². The van der Waals surface area contributed by atoms with E-state index in [-0.39, 0.29) is 5.95 Å². The van der Waals surface area contributed by atoms with Gasteiger partial charge in [-0.2, -0.15) is 4.98 Å². The van der Waals surface area contributed by atoms with E-state index in [0.717, 1.165) is 39.0 Å². The minimum atomic E-state index is 0.236. The SMILES string of the molecule is Cc1nc2sc3c(N)nc(N)nc3c2c2c1CCCC2. The normalized spacial score (nSPS) is 14.8. The number of hydrogen-bond acceptors (Lipinski definition) is 6. The third-order valence-electron chi connectivity index (χ3n) is 4.03. The lowest BCUT2D eigenvalue weighted by Gasteiger charge is -2.18. The summed E-state index contributed by atoms with van der Waals surface area (Å²) in [5.74, 6) is 0.692. The molecule has 0 unspecified atom stereocenters. The Hall–Kier alpha value is -1.95. The molecule has 1 aliphatic rings. The van der Waals surface area contributed by atoms with Gasteiger partial charge in [-0.25, -0.2) is 9.97 Å². The average molecular weight is 285 g/mol. The molecule has 5 nitrogen and oxygen atoms in total. The second-order valence-corrected chi connectivity index (χ2v) is 6.29. The molecule has 102 valence electrons. The number of aromatic nitrogens is 3. The first-order valence-electron chi connectivity index (χ1n) is 6.78. The maximum atomic E-state index is 5.99.